The number of methoxy groups -OCH3 is 1. The number of rotatable bonds is 6. The standard InChI is InChI=1S/C12H17N3O4S2/c1-18-12(4-5-19-8-12)7-15-21(16,17)9-2-3-10(11(13)20)14-6-9/h2-3,6,15H,4-5,7-8H2,1H3,(H2,13,20). The van der Waals surface area contributed by atoms with Crippen LogP contribution >= 0.6 is 12.2 Å². The van der Waals surface area contributed by atoms with E-state index in [0.29, 0.717) is 25.3 Å². The topological polar surface area (TPSA) is 104 Å². The molecule has 1 aromatic heterocycles. The Morgan fingerprint density at radius 2 is 2.38 bits per heavy atom. The van der Waals surface area contributed by atoms with Crippen molar-refractivity contribution >= 4 is 27.2 Å². The predicted molar refractivity (Wildman–Crippen MR) is 80.5 cm³/mol. The number of nitrogens with two attached hydrogens (primary N) is 1. The molecule has 7 nitrogen and oxygen atoms in total. The maximum absolute atomic E-state index is 12.2. The second kappa shape index (κ2) is 6.32. The molecule has 0 radical (unpaired) electrons. The van der Waals surface area contributed by atoms with Crippen LogP contribution in [0.25, 0.3) is 0 Å². The van der Waals surface area contributed by atoms with E-state index < -0.39 is 15.6 Å². The van der Waals surface area contributed by atoms with Gasteiger partial charge in [-0.25, -0.2) is 13.1 Å². The van der Waals surface area contributed by atoms with Crippen LogP contribution in [0, 0.1) is 0 Å². The van der Waals surface area contributed by atoms with Crippen molar-refractivity contribution in [2.24, 2.45) is 5.73 Å². The third-order valence-electron chi connectivity index (χ3n) is 3.38. The molecule has 0 aromatic carbocycles. The lowest BCUT2D eigenvalue weighted by Gasteiger charge is -2.25. The highest BCUT2D eigenvalue weighted by atomic mass is 32.2. The molecule has 0 amide bonds. The zero-order valence-electron chi connectivity index (χ0n) is 11.5. The third-order valence-corrected chi connectivity index (χ3v) is 4.98. The quantitative estimate of drug-likeness (QED) is 0.696. The highest BCUT2D eigenvalue weighted by Gasteiger charge is 2.36. The van der Waals surface area contributed by atoms with Crippen molar-refractivity contribution in [2.75, 3.05) is 26.9 Å². The molecule has 2 rings (SSSR count). The number of aromatic nitrogens is 1. The van der Waals surface area contributed by atoms with E-state index in [2.05, 4.69) is 9.71 Å². The fourth-order valence-corrected chi connectivity index (χ4v) is 3.14. The molecule has 1 unspecified atom stereocenters. The minimum Gasteiger partial charge on any atom is -0.388 e. The van der Waals surface area contributed by atoms with Crippen LogP contribution in [0.2, 0.25) is 0 Å². The second-order valence-corrected chi connectivity index (χ2v) is 6.96. The molecule has 1 fully saturated rings. The van der Waals surface area contributed by atoms with Crippen molar-refractivity contribution in [1.82, 2.24) is 9.71 Å². The predicted octanol–water partition coefficient (Wildman–Crippen LogP) is -0.200. The Kier molecular flexibility index (Phi) is 4.89. The van der Waals surface area contributed by atoms with E-state index in [1.54, 1.807) is 7.11 Å². The number of nitrogens with one attached hydrogen (secondary N) is 1. The van der Waals surface area contributed by atoms with E-state index >= 15 is 0 Å². The molecule has 1 aliphatic rings. The van der Waals surface area contributed by atoms with E-state index in [1.807, 2.05) is 0 Å². The Labute approximate surface area is 128 Å². The molecule has 9 heteroatoms. The lowest BCUT2D eigenvalue weighted by atomic mass is 10.0. The summed E-state index contributed by atoms with van der Waals surface area (Å²) in [6.07, 6.45) is 1.87. The Balaban J connectivity index is 2.09. The zero-order valence-corrected chi connectivity index (χ0v) is 13.2. The van der Waals surface area contributed by atoms with Gasteiger partial charge >= 0.3 is 0 Å². The lowest BCUT2D eigenvalue weighted by Crippen LogP contribution is -2.44. The van der Waals surface area contributed by atoms with Gasteiger partial charge in [0, 0.05) is 32.9 Å². The first-order chi connectivity index (χ1) is 9.88. The lowest BCUT2D eigenvalue weighted by molar-refractivity contribution is -0.0120. The SMILES string of the molecule is COC1(CNS(=O)(=O)c2ccc(C(N)=S)nc2)CCOC1. The smallest absolute Gasteiger partial charge is 0.242 e. The van der Waals surface area contributed by atoms with Crippen molar-refractivity contribution < 1.29 is 17.9 Å². The van der Waals surface area contributed by atoms with Crippen LogP contribution < -0.4 is 10.5 Å². The molecule has 1 aliphatic heterocycles. The van der Waals surface area contributed by atoms with E-state index in [4.69, 9.17) is 27.4 Å². The summed E-state index contributed by atoms with van der Waals surface area (Å²) in [5.74, 6) is 0. The van der Waals surface area contributed by atoms with Crippen LogP contribution in [-0.2, 0) is 19.5 Å². The van der Waals surface area contributed by atoms with E-state index in [0.717, 1.165) is 0 Å². The summed E-state index contributed by atoms with van der Waals surface area (Å²) in [4.78, 5) is 4.09. The number of thiocarbonyl (C=S) groups is 1. The van der Waals surface area contributed by atoms with Crippen LogP contribution in [0.5, 0.6) is 0 Å². The minimum atomic E-state index is -3.67. The van der Waals surface area contributed by atoms with E-state index in [1.165, 1.54) is 18.3 Å². The number of pyridine rings is 1. The molecular weight excluding hydrogens is 314 g/mol. The summed E-state index contributed by atoms with van der Waals surface area (Å²) in [5.41, 5.74) is 5.19. The second-order valence-electron chi connectivity index (χ2n) is 4.76. The number of hydrogen-bond donors (Lipinski definition) is 2. The number of sulfonamides is 1. The first kappa shape index (κ1) is 16.2. The fraction of sp³-hybridized carbons (Fsp3) is 0.500. The summed E-state index contributed by atoms with van der Waals surface area (Å²) in [7, 11) is -2.13. The summed E-state index contributed by atoms with van der Waals surface area (Å²) in [5, 5.41) is 0. The fourth-order valence-electron chi connectivity index (χ4n) is 1.96. The molecule has 0 saturated carbocycles. The van der Waals surface area contributed by atoms with Gasteiger partial charge in [-0.05, 0) is 12.1 Å². The molecular formula is C12H17N3O4S2. The van der Waals surface area contributed by atoms with Crippen LogP contribution in [0.15, 0.2) is 23.2 Å². The third kappa shape index (κ3) is 3.74. The molecule has 0 bridgehead atoms. The summed E-state index contributed by atoms with van der Waals surface area (Å²) >= 11 is 4.77. The molecule has 21 heavy (non-hydrogen) atoms. The van der Waals surface area contributed by atoms with Gasteiger partial charge in [0.15, 0.2) is 0 Å². The molecule has 0 aliphatic carbocycles. The van der Waals surface area contributed by atoms with Crippen LogP contribution in [0.4, 0.5) is 0 Å². The first-order valence-electron chi connectivity index (χ1n) is 6.27. The van der Waals surface area contributed by atoms with Gasteiger partial charge in [-0.15, -0.1) is 0 Å². The Bertz CT molecular complexity index is 610. The monoisotopic (exact) mass is 331 g/mol. The van der Waals surface area contributed by atoms with E-state index in [9.17, 15) is 8.42 Å². The maximum Gasteiger partial charge on any atom is 0.242 e. The summed E-state index contributed by atoms with van der Waals surface area (Å²) < 4.78 is 37.6. The molecule has 3 N–H and O–H groups in total. The Morgan fingerprint density at radius 1 is 1.62 bits per heavy atom. The van der Waals surface area contributed by atoms with Crippen molar-refractivity contribution in [3.8, 4) is 0 Å². The Hall–Kier alpha value is -1.13. The van der Waals surface area contributed by atoms with Crippen molar-refractivity contribution in [1.29, 1.82) is 0 Å². The molecule has 0 spiro atoms. The average Bonchev–Trinajstić information content (AvgIpc) is 2.95. The molecule has 1 atom stereocenters. The molecule has 1 aromatic rings. The summed E-state index contributed by atoms with van der Waals surface area (Å²) in [6, 6.07) is 2.89. The zero-order chi connectivity index (χ0) is 15.5. The number of ether oxygens (including phenoxy) is 2. The largest absolute Gasteiger partial charge is 0.388 e. The first-order valence-corrected chi connectivity index (χ1v) is 8.16. The Morgan fingerprint density at radius 3 is 2.86 bits per heavy atom. The van der Waals surface area contributed by atoms with E-state index in [-0.39, 0.29) is 16.4 Å². The molecule has 116 valence electrons. The normalized spacial score (nSPS) is 22.3. The van der Waals surface area contributed by atoms with Gasteiger partial charge in [-0.1, -0.05) is 12.2 Å². The minimum absolute atomic E-state index is 0.0488. The van der Waals surface area contributed by atoms with Gasteiger partial charge in [-0.2, -0.15) is 0 Å². The van der Waals surface area contributed by atoms with Crippen LogP contribution in [0.3, 0.4) is 0 Å². The van der Waals surface area contributed by atoms with Crippen molar-refractivity contribution in [3.05, 3.63) is 24.0 Å². The van der Waals surface area contributed by atoms with Gasteiger partial charge in [0.05, 0.1) is 12.3 Å². The molecule has 2 heterocycles. The number of hydrogen-bond acceptors (Lipinski definition) is 6. The average molecular weight is 331 g/mol. The highest BCUT2D eigenvalue weighted by Crippen LogP contribution is 2.22. The summed E-state index contributed by atoms with van der Waals surface area (Å²) in [6.45, 7) is 1.06. The van der Waals surface area contributed by atoms with Gasteiger partial charge in [0.25, 0.3) is 0 Å². The van der Waals surface area contributed by atoms with Crippen molar-refractivity contribution in [2.45, 2.75) is 16.9 Å². The maximum atomic E-state index is 12.2. The highest BCUT2D eigenvalue weighted by molar-refractivity contribution is 7.89. The van der Waals surface area contributed by atoms with Gasteiger partial charge in [0.2, 0.25) is 10.0 Å². The van der Waals surface area contributed by atoms with Gasteiger partial charge < -0.3 is 15.2 Å². The van der Waals surface area contributed by atoms with Crippen molar-refractivity contribution in [3.63, 3.8) is 0 Å². The number of nitrogens with zero attached hydrogens (tertiary/aromatic N) is 1. The van der Waals surface area contributed by atoms with Crippen LogP contribution in [0.1, 0.15) is 12.1 Å². The van der Waals surface area contributed by atoms with Gasteiger partial charge in [-0.3, -0.25) is 4.98 Å². The van der Waals surface area contributed by atoms with Gasteiger partial charge in [0.1, 0.15) is 15.5 Å². The molecule has 1 saturated heterocycles. The van der Waals surface area contributed by atoms with Crippen LogP contribution in [-0.4, -0.2) is 50.9 Å².